The van der Waals surface area contributed by atoms with Crippen LogP contribution in [-0.4, -0.2) is 40.1 Å². The number of halogens is 1. The second-order valence-corrected chi connectivity index (χ2v) is 9.04. The SMILES string of the molecule is Cc1ccc(S(=O)(=O)N(CC(=O)NCC2CCCO2)c2cccc(Cl)c2)cc1. The molecule has 0 aromatic heterocycles. The summed E-state index contributed by atoms with van der Waals surface area (Å²) in [5, 5.41) is 3.16. The molecule has 0 radical (unpaired) electrons. The molecule has 2 aromatic rings. The topological polar surface area (TPSA) is 75.7 Å². The van der Waals surface area contributed by atoms with Gasteiger partial charge in [0.1, 0.15) is 6.54 Å². The number of rotatable bonds is 7. The summed E-state index contributed by atoms with van der Waals surface area (Å²) < 4.78 is 33.0. The summed E-state index contributed by atoms with van der Waals surface area (Å²) in [7, 11) is -3.94. The first-order valence-corrected chi connectivity index (χ1v) is 10.9. The Kier molecular flexibility index (Phi) is 6.59. The summed E-state index contributed by atoms with van der Waals surface area (Å²) in [6.07, 6.45) is 1.84. The van der Waals surface area contributed by atoms with Crippen molar-refractivity contribution in [1.29, 1.82) is 0 Å². The first-order valence-electron chi connectivity index (χ1n) is 9.09. The van der Waals surface area contributed by atoms with E-state index in [1.54, 1.807) is 30.3 Å². The van der Waals surface area contributed by atoms with Crippen molar-refractivity contribution >= 4 is 33.2 Å². The van der Waals surface area contributed by atoms with Gasteiger partial charge in [-0.15, -0.1) is 0 Å². The summed E-state index contributed by atoms with van der Waals surface area (Å²) in [5.74, 6) is -0.397. The Labute approximate surface area is 170 Å². The molecule has 1 atom stereocenters. The molecule has 1 aliphatic heterocycles. The largest absolute Gasteiger partial charge is 0.376 e. The lowest BCUT2D eigenvalue weighted by Crippen LogP contribution is -2.42. The Balaban J connectivity index is 1.84. The van der Waals surface area contributed by atoms with Gasteiger partial charge in [0.15, 0.2) is 0 Å². The fraction of sp³-hybridized carbons (Fsp3) is 0.350. The molecular formula is C20H23ClN2O4S. The maximum absolute atomic E-state index is 13.2. The van der Waals surface area contributed by atoms with Crippen LogP contribution >= 0.6 is 11.6 Å². The van der Waals surface area contributed by atoms with Gasteiger partial charge in [-0.2, -0.15) is 0 Å². The van der Waals surface area contributed by atoms with Gasteiger partial charge < -0.3 is 10.1 Å². The molecule has 1 heterocycles. The molecule has 3 rings (SSSR count). The minimum Gasteiger partial charge on any atom is -0.376 e. The third kappa shape index (κ3) is 5.04. The number of ether oxygens (including phenoxy) is 1. The Morgan fingerprint density at radius 2 is 2.00 bits per heavy atom. The maximum atomic E-state index is 13.2. The number of amides is 1. The number of aryl methyl sites for hydroxylation is 1. The van der Waals surface area contributed by atoms with Gasteiger partial charge in [-0.05, 0) is 50.1 Å². The molecule has 6 nitrogen and oxygen atoms in total. The molecule has 0 bridgehead atoms. The minimum atomic E-state index is -3.94. The van der Waals surface area contributed by atoms with Crippen LogP contribution in [-0.2, 0) is 19.6 Å². The molecule has 0 aliphatic carbocycles. The fourth-order valence-electron chi connectivity index (χ4n) is 3.00. The van der Waals surface area contributed by atoms with Crippen molar-refractivity contribution in [3.8, 4) is 0 Å². The highest BCUT2D eigenvalue weighted by Gasteiger charge is 2.27. The van der Waals surface area contributed by atoms with Gasteiger partial charge >= 0.3 is 0 Å². The van der Waals surface area contributed by atoms with E-state index in [1.807, 2.05) is 6.92 Å². The number of nitrogens with one attached hydrogen (secondary N) is 1. The summed E-state index contributed by atoms with van der Waals surface area (Å²) in [6, 6.07) is 13.0. The maximum Gasteiger partial charge on any atom is 0.264 e. The van der Waals surface area contributed by atoms with Crippen molar-refractivity contribution in [2.75, 3.05) is 24.0 Å². The quantitative estimate of drug-likeness (QED) is 0.743. The lowest BCUT2D eigenvalue weighted by molar-refractivity contribution is -0.120. The van der Waals surface area contributed by atoms with Crippen LogP contribution in [0.4, 0.5) is 5.69 Å². The summed E-state index contributed by atoms with van der Waals surface area (Å²) in [6.45, 7) is 2.59. The average molecular weight is 423 g/mol. The van der Waals surface area contributed by atoms with Crippen LogP contribution in [0.3, 0.4) is 0 Å². The molecule has 1 saturated heterocycles. The fourth-order valence-corrected chi connectivity index (χ4v) is 4.60. The lowest BCUT2D eigenvalue weighted by Gasteiger charge is -2.24. The first kappa shape index (κ1) is 20.6. The highest BCUT2D eigenvalue weighted by atomic mass is 35.5. The summed E-state index contributed by atoms with van der Waals surface area (Å²) >= 11 is 6.05. The molecule has 28 heavy (non-hydrogen) atoms. The summed E-state index contributed by atoms with van der Waals surface area (Å²) in [5.41, 5.74) is 1.28. The monoisotopic (exact) mass is 422 g/mol. The average Bonchev–Trinajstić information content (AvgIpc) is 3.18. The standard InChI is InChI=1S/C20H23ClN2O4S/c1-15-7-9-19(10-8-15)28(25,26)23(17-5-2-4-16(21)12-17)14-20(24)22-13-18-6-3-11-27-18/h2,4-5,7-10,12,18H,3,6,11,13-14H2,1H3,(H,22,24). The number of carbonyl (C=O) groups excluding carboxylic acids is 1. The lowest BCUT2D eigenvalue weighted by atomic mass is 10.2. The van der Waals surface area contributed by atoms with Gasteiger partial charge in [0, 0.05) is 18.2 Å². The van der Waals surface area contributed by atoms with E-state index < -0.39 is 15.9 Å². The summed E-state index contributed by atoms with van der Waals surface area (Å²) in [4.78, 5) is 12.6. The molecule has 2 aromatic carbocycles. The molecule has 150 valence electrons. The van der Waals surface area contributed by atoms with E-state index in [2.05, 4.69) is 5.32 Å². The van der Waals surface area contributed by atoms with E-state index in [0.717, 1.165) is 22.7 Å². The zero-order chi connectivity index (χ0) is 20.1. The van der Waals surface area contributed by atoms with Crippen molar-refractivity contribution < 1.29 is 17.9 Å². The number of sulfonamides is 1. The van der Waals surface area contributed by atoms with Crippen LogP contribution in [0.5, 0.6) is 0 Å². The normalized spacial score (nSPS) is 16.7. The predicted molar refractivity (Wildman–Crippen MR) is 109 cm³/mol. The Morgan fingerprint density at radius 3 is 2.64 bits per heavy atom. The van der Waals surface area contributed by atoms with Crippen molar-refractivity contribution in [3.63, 3.8) is 0 Å². The molecule has 1 amide bonds. The third-order valence-corrected chi connectivity index (χ3v) is 6.57. The second kappa shape index (κ2) is 8.94. The second-order valence-electron chi connectivity index (χ2n) is 6.74. The highest BCUT2D eigenvalue weighted by Crippen LogP contribution is 2.26. The van der Waals surface area contributed by atoms with Gasteiger partial charge in [-0.25, -0.2) is 8.42 Å². The Bertz CT molecular complexity index is 925. The number of nitrogens with zero attached hydrogens (tertiary/aromatic N) is 1. The number of anilines is 1. The van der Waals surface area contributed by atoms with Crippen molar-refractivity contribution in [2.45, 2.75) is 30.8 Å². The number of hydrogen-bond acceptors (Lipinski definition) is 4. The van der Waals surface area contributed by atoms with Crippen LogP contribution < -0.4 is 9.62 Å². The van der Waals surface area contributed by atoms with Gasteiger partial charge in [0.2, 0.25) is 5.91 Å². The zero-order valence-corrected chi connectivity index (χ0v) is 17.2. The molecular weight excluding hydrogens is 400 g/mol. The van der Waals surface area contributed by atoms with Gasteiger partial charge in [-0.3, -0.25) is 9.10 Å². The van der Waals surface area contributed by atoms with Crippen LogP contribution in [0, 0.1) is 6.92 Å². The van der Waals surface area contributed by atoms with E-state index >= 15 is 0 Å². The third-order valence-electron chi connectivity index (χ3n) is 4.54. The molecule has 1 unspecified atom stereocenters. The van der Waals surface area contributed by atoms with Crippen molar-refractivity contribution in [3.05, 3.63) is 59.1 Å². The molecule has 1 aliphatic rings. The van der Waals surface area contributed by atoms with Crippen molar-refractivity contribution in [1.82, 2.24) is 5.32 Å². The van der Waals surface area contributed by atoms with Gasteiger partial charge in [0.25, 0.3) is 10.0 Å². The van der Waals surface area contributed by atoms with Crippen molar-refractivity contribution in [2.24, 2.45) is 0 Å². The van der Waals surface area contributed by atoms with Crippen LogP contribution in [0.1, 0.15) is 18.4 Å². The van der Waals surface area contributed by atoms with E-state index in [4.69, 9.17) is 16.3 Å². The number of carbonyl (C=O) groups is 1. The van der Waals surface area contributed by atoms with E-state index in [0.29, 0.717) is 23.9 Å². The Hall–Kier alpha value is -2.09. The van der Waals surface area contributed by atoms with Crippen LogP contribution in [0.15, 0.2) is 53.4 Å². The predicted octanol–water partition coefficient (Wildman–Crippen LogP) is 3.14. The molecule has 0 saturated carbocycles. The molecule has 1 fully saturated rings. The first-order chi connectivity index (χ1) is 13.4. The van der Waals surface area contributed by atoms with E-state index in [9.17, 15) is 13.2 Å². The highest BCUT2D eigenvalue weighted by molar-refractivity contribution is 7.92. The zero-order valence-electron chi connectivity index (χ0n) is 15.6. The van der Waals surface area contributed by atoms with E-state index in [1.165, 1.54) is 18.2 Å². The van der Waals surface area contributed by atoms with E-state index in [-0.39, 0.29) is 17.5 Å². The molecule has 0 spiro atoms. The van der Waals surface area contributed by atoms with Gasteiger partial charge in [0.05, 0.1) is 16.7 Å². The van der Waals surface area contributed by atoms with Gasteiger partial charge in [-0.1, -0.05) is 35.4 Å². The Morgan fingerprint density at radius 1 is 1.25 bits per heavy atom. The van der Waals surface area contributed by atoms with Crippen LogP contribution in [0.25, 0.3) is 0 Å². The number of benzene rings is 2. The number of hydrogen-bond donors (Lipinski definition) is 1. The minimum absolute atomic E-state index is 0.0164. The molecule has 8 heteroatoms. The van der Waals surface area contributed by atoms with Crippen LogP contribution in [0.2, 0.25) is 5.02 Å². The smallest absolute Gasteiger partial charge is 0.264 e. The molecule has 1 N–H and O–H groups in total.